The monoisotopic (exact) mass is 283 g/mol. The summed E-state index contributed by atoms with van der Waals surface area (Å²) in [6.07, 6.45) is -3.95. The molecule has 0 radical (unpaired) electrons. The van der Waals surface area contributed by atoms with Crippen molar-refractivity contribution in [3.8, 4) is 5.75 Å². The van der Waals surface area contributed by atoms with Crippen molar-refractivity contribution < 1.29 is 23.7 Å². The van der Waals surface area contributed by atoms with E-state index >= 15 is 0 Å². The first-order chi connectivity index (χ1) is 9.19. The van der Waals surface area contributed by atoms with Gasteiger partial charge in [-0.25, -0.2) is 4.39 Å². The van der Waals surface area contributed by atoms with Gasteiger partial charge < -0.3 is 20.7 Å². The molecule has 0 aromatic heterocycles. The normalized spacial score (nSPS) is 12.2. The Hall–Kier alpha value is -1.92. The van der Waals surface area contributed by atoms with Gasteiger partial charge in [0.05, 0.1) is 0 Å². The Labute approximate surface area is 114 Å². The van der Waals surface area contributed by atoms with Crippen LogP contribution in [0.1, 0.15) is 25.3 Å². The van der Waals surface area contributed by atoms with Crippen molar-refractivity contribution >= 4 is 16.5 Å². The fourth-order valence-corrected chi connectivity index (χ4v) is 2.15. The van der Waals surface area contributed by atoms with E-state index in [9.17, 15) is 8.78 Å². The van der Waals surface area contributed by atoms with Gasteiger partial charge >= 0.3 is 6.23 Å². The summed E-state index contributed by atoms with van der Waals surface area (Å²) in [7, 11) is 0. The molecule has 2 aromatic rings. The molecule has 0 bridgehead atoms. The molecule has 0 atom stereocenters. The van der Waals surface area contributed by atoms with Crippen molar-refractivity contribution in [1.29, 1.82) is 0 Å². The molecule has 2 rings (SSSR count). The highest BCUT2D eigenvalue weighted by atomic mass is 19.2. The first-order valence-electron chi connectivity index (χ1n) is 6.03. The van der Waals surface area contributed by atoms with Gasteiger partial charge in [-0.1, -0.05) is 19.9 Å². The number of hydrogen-bond donors (Lipinski definition) is 3. The van der Waals surface area contributed by atoms with Crippen molar-refractivity contribution in [2.45, 2.75) is 26.0 Å². The lowest BCUT2D eigenvalue weighted by Gasteiger charge is -2.19. The quantitative estimate of drug-likeness (QED) is 0.598. The number of hydrogen-bond acceptors (Lipinski definition) is 4. The van der Waals surface area contributed by atoms with E-state index in [4.69, 9.17) is 15.9 Å². The minimum atomic E-state index is -3.95. The van der Waals surface area contributed by atoms with Crippen LogP contribution in [0.3, 0.4) is 0 Å². The molecule has 4 nitrogen and oxygen atoms in total. The molecule has 0 aliphatic heterocycles. The second kappa shape index (κ2) is 4.88. The highest BCUT2D eigenvalue weighted by Crippen LogP contribution is 2.38. The van der Waals surface area contributed by atoms with Gasteiger partial charge in [0.15, 0.2) is 11.6 Å². The zero-order chi connectivity index (χ0) is 15.1. The predicted molar refractivity (Wildman–Crippen MR) is 71.3 cm³/mol. The molecule has 0 spiro atoms. The zero-order valence-corrected chi connectivity index (χ0v) is 11.0. The van der Waals surface area contributed by atoms with Crippen LogP contribution < -0.4 is 10.5 Å². The van der Waals surface area contributed by atoms with Gasteiger partial charge in [0, 0.05) is 11.1 Å². The average Bonchev–Trinajstić information content (AvgIpc) is 2.30. The molecule has 0 heterocycles. The van der Waals surface area contributed by atoms with Gasteiger partial charge in [0.2, 0.25) is 0 Å². The second-order valence-corrected chi connectivity index (χ2v) is 4.87. The third-order valence-corrected chi connectivity index (χ3v) is 2.93. The van der Waals surface area contributed by atoms with E-state index in [0.717, 1.165) is 6.07 Å². The minimum absolute atomic E-state index is 0.0449. The first kappa shape index (κ1) is 14.5. The molecule has 0 fully saturated rings. The summed E-state index contributed by atoms with van der Waals surface area (Å²) in [5.74, 6) is -1.50. The van der Waals surface area contributed by atoms with E-state index in [1.54, 1.807) is 12.1 Å². The summed E-state index contributed by atoms with van der Waals surface area (Å²) in [4.78, 5) is 0. The van der Waals surface area contributed by atoms with Crippen molar-refractivity contribution in [3.05, 3.63) is 35.6 Å². The van der Waals surface area contributed by atoms with Gasteiger partial charge in [0.1, 0.15) is 0 Å². The zero-order valence-electron chi connectivity index (χ0n) is 11.0. The molecule has 2 aromatic carbocycles. The van der Waals surface area contributed by atoms with Gasteiger partial charge in [-0.2, -0.15) is 0 Å². The van der Waals surface area contributed by atoms with Crippen molar-refractivity contribution in [3.63, 3.8) is 0 Å². The fourth-order valence-electron chi connectivity index (χ4n) is 2.15. The van der Waals surface area contributed by atoms with Gasteiger partial charge in [0.25, 0.3) is 0 Å². The van der Waals surface area contributed by atoms with Crippen LogP contribution in [0.4, 0.5) is 14.5 Å². The SMILES string of the molecule is CC(C)c1cc(N)cc2ccc(F)c(OC(O)(O)F)c12. The van der Waals surface area contributed by atoms with Crippen LogP contribution in [0.2, 0.25) is 0 Å². The summed E-state index contributed by atoms with van der Waals surface area (Å²) < 4.78 is 31.0. The molecular weight excluding hydrogens is 268 g/mol. The lowest BCUT2D eigenvalue weighted by molar-refractivity contribution is -0.375. The van der Waals surface area contributed by atoms with E-state index < -0.39 is 17.8 Å². The topological polar surface area (TPSA) is 75.7 Å². The van der Waals surface area contributed by atoms with Crippen LogP contribution >= 0.6 is 0 Å². The number of nitrogen functional groups attached to an aromatic ring is 1. The minimum Gasteiger partial charge on any atom is -0.409 e. The molecule has 0 saturated heterocycles. The number of halogens is 2. The maximum absolute atomic E-state index is 13.8. The van der Waals surface area contributed by atoms with E-state index in [1.807, 2.05) is 13.8 Å². The lowest BCUT2D eigenvalue weighted by atomic mass is 9.94. The third-order valence-electron chi connectivity index (χ3n) is 2.93. The third kappa shape index (κ3) is 2.81. The van der Waals surface area contributed by atoms with Gasteiger partial charge in [-0.05, 0) is 35.1 Å². The number of rotatable bonds is 3. The fraction of sp³-hybridized carbons (Fsp3) is 0.286. The molecule has 0 amide bonds. The summed E-state index contributed by atoms with van der Waals surface area (Å²) in [6, 6.07) is 5.71. The molecule has 4 N–H and O–H groups in total. The lowest BCUT2D eigenvalue weighted by Crippen LogP contribution is -2.29. The number of benzene rings is 2. The standard InChI is InChI=1S/C14H15F2NO3/c1-7(2)10-6-9(17)5-8-3-4-11(15)13(12(8)10)20-14(16,18)19/h3-7,18-19H,17H2,1-2H3. The molecule has 20 heavy (non-hydrogen) atoms. The molecule has 0 aliphatic rings. The number of ether oxygens (including phenoxy) is 1. The number of fused-ring (bicyclic) bond motifs is 1. The molecule has 0 aliphatic carbocycles. The summed E-state index contributed by atoms with van der Waals surface area (Å²) in [5.41, 5.74) is 6.86. The molecule has 0 saturated carbocycles. The molecular formula is C14H15F2NO3. The predicted octanol–water partition coefficient (Wildman–Crippen LogP) is 2.63. The average molecular weight is 283 g/mol. The van der Waals surface area contributed by atoms with Gasteiger partial charge in [-0.15, -0.1) is 4.39 Å². The smallest absolute Gasteiger partial charge is 0.409 e. The number of anilines is 1. The first-order valence-corrected chi connectivity index (χ1v) is 6.03. The van der Waals surface area contributed by atoms with E-state index in [-0.39, 0.29) is 11.3 Å². The van der Waals surface area contributed by atoms with Crippen molar-refractivity contribution in [1.82, 2.24) is 0 Å². The molecule has 6 heteroatoms. The van der Waals surface area contributed by atoms with Gasteiger partial charge in [-0.3, -0.25) is 0 Å². The van der Waals surface area contributed by atoms with Crippen molar-refractivity contribution in [2.24, 2.45) is 0 Å². The highest BCUT2D eigenvalue weighted by molar-refractivity contribution is 5.94. The Bertz CT molecular complexity index is 651. The van der Waals surface area contributed by atoms with Crippen LogP contribution in [0, 0.1) is 5.82 Å². The van der Waals surface area contributed by atoms with Crippen LogP contribution in [-0.2, 0) is 0 Å². The maximum Gasteiger partial charge on any atom is 0.492 e. The van der Waals surface area contributed by atoms with Crippen molar-refractivity contribution in [2.75, 3.05) is 5.73 Å². The Morgan fingerprint density at radius 1 is 1.25 bits per heavy atom. The largest absolute Gasteiger partial charge is 0.492 e. The van der Waals surface area contributed by atoms with Crippen LogP contribution in [0.5, 0.6) is 5.75 Å². The second-order valence-electron chi connectivity index (χ2n) is 4.87. The Morgan fingerprint density at radius 2 is 1.90 bits per heavy atom. The maximum atomic E-state index is 13.8. The highest BCUT2D eigenvalue weighted by Gasteiger charge is 2.28. The summed E-state index contributed by atoms with van der Waals surface area (Å²) >= 11 is 0. The number of aliphatic hydroxyl groups is 2. The van der Waals surface area contributed by atoms with Crippen LogP contribution in [0.25, 0.3) is 10.8 Å². The number of nitrogens with two attached hydrogens (primary N) is 1. The van der Waals surface area contributed by atoms with Crippen LogP contribution in [0.15, 0.2) is 24.3 Å². The summed E-state index contributed by atoms with van der Waals surface area (Å²) in [6.45, 7) is 3.70. The van der Waals surface area contributed by atoms with E-state index in [0.29, 0.717) is 16.6 Å². The molecule has 0 unspecified atom stereocenters. The Morgan fingerprint density at radius 3 is 2.45 bits per heavy atom. The van der Waals surface area contributed by atoms with E-state index in [1.165, 1.54) is 6.07 Å². The summed E-state index contributed by atoms with van der Waals surface area (Å²) in [5, 5.41) is 18.2. The van der Waals surface area contributed by atoms with Crippen LogP contribution in [-0.4, -0.2) is 16.4 Å². The Balaban J connectivity index is 2.81. The van der Waals surface area contributed by atoms with E-state index in [2.05, 4.69) is 4.74 Å². The molecule has 108 valence electrons. The Kier molecular flexibility index (Phi) is 3.54. The number of alkyl halides is 1.